The van der Waals surface area contributed by atoms with Crippen molar-refractivity contribution in [3.05, 3.63) is 51.5 Å². The van der Waals surface area contributed by atoms with Crippen molar-refractivity contribution >= 4 is 34.8 Å². The van der Waals surface area contributed by atoms with Gasteiger partial charge >= 0.3 is 0 Å². The second-order valence-corrected chi connectivity index (χ2v) is 6.09. The van der Waals surface area contributed by atoms with Crippen molar-refractivity contribution in [2.45, 2.75) is 12.3 Å². The first-order chi connectivity index (χ1) is 10.6. The molecule has 2 aliphatic heterocycles. The average molecular weight is 336 g/mol. The Hall–Kier alpha value is -1.91. The second kappa shape index (κ2) is 5.07. The average Bonchev–Trinajstić information content (AvgIpc) is 2.94. The monoisotopic (exact) mass is 335 g/mol. The number of hydrogen-bond acceptors (Lipinski definition) is 3. The lowest BCUT2D eigenvalue weighted by atomic mass is 9.84. The van der Waals surface area contributed by atoms with E-state index in [1.807, 2.05) is 18.2 Å². The predicted molar refractivity (Wildman–Crippen MR) is 84.1 cm³/mol. The van der Waals surface area contributed by atoms with Gasteiger partial charge in [0.25, 0.3) is 0 Å². The normalized spacial score (nSPS) is 18.8. The van der Waals surface area contributed by atoms with Gasteiger partial charge in [-0.05, 0) is 29.3 Å². The van der Waals surface area contributed by atoms with Crippen molar-refractivity contribution < 1.29 is 14.3 Å². The molecular formula is C16H11Cl2NO3. The number of hydrogen-bond donors (Lipinski definition) is 1. The van der Waals surface area contributed by atoms with Crippen LogP contribution in [0.3, 0.4) is 0 Å². The van der Waals surface area contributed by atoms with Gasteiger partial charge in [0.15, 0.2) is 11.5 Å². The third-order valence-electron chi connectivity index (χ3n) is 3.93. The predicted octanol–water partition coefficient (Wildman–Crippen LogP) is 4.20. The van der Waals surface area contributed by atoms with Gasteiger partial charge < -0.3 is 14.8 Å². The Labute approximate surface area is 136 Å². The lowest BCUT2D eigenvalue weighted by molar-refractivity contribution is -0.116. The standard InChI is InChI=1S/C16H11Cl2NO3/c17-11-2-1-8(3-12(11)18)9-5-16(20)19-13-6-15-14(4-10(9)13)21-7-22-15/h1-4,6,9H,5,7H2,(H,19,20). The largest absolute Gasteiger partial charge is 0.454 e. The number of carbonyl (C=O) groups is 1. The zero-order valence-electron chi connectivity index (χ0n) is 11.4. The molecule has 1 amide bonds. The van der Waals surface area contributed by atoms with Crippen molar-refractivity contribution in [2.24, 2.45) is 0 Å². The van der Waals surface area contributed by atoms with E-state index < -0.39 is 0 Å². The third kappa shape index (κ3) is 2.19. The minimum atomic E-state index is -0.0898. The molecule has 4 rings (SSSR count). The van der Waals surface area contributed by atoms with Crippen LogP contribution >= 0.6 is 23.2 Å². The van der Waals surface area contributed by atoms with Crippen molar-refractivity contribution in [3.8, 4) is 11.5 Å². The molecule has 0 aliphatic carbocycles. The van der Waals surface area contributed by atoms with Gasteiger partial charge in [-0.15, -0.1) is 0 Å². The minimum Gasteiger partial charge on any atom is -0.454 e. The fourth-order valence-corrected chi connectivity index (χ4v) is 3.18. The van der Waals surface area contributed by atoms with Crippen molar-refractivity contribution in [1.82, 2.24) is 0 Å². The highest BCUT2D eigenvalue weighted by Gasteiger charge is 2.30. The Morgan fingerprint density at radius 1 is 1.05 bits per heavy atom. The lowest BCUT2D eigenvalue weighted by Gasteiger charge is -2.26. The SMILES string of the molecule is O=C1CC(c2ccc(Cl)c(Cl)c2)c2cc3c(cc2N1)OCO3. The Kier molecular flexibility index (Phi) is 3.17. The summed E-state index contributed by atoms with van der Waals surface area (Å²) in [6.45, 7) is 0.198. The van der Waals surface area contributed by atoms with Crippen LogP contribution in [0.2, 0.25) is 10.0 Å². The number of nitrogens with one attached hydrogen (secondary N) is 1. The van der Waals surface area contributed by atoms with Crippen LogP contribution in [0.5, 0.6) is 11.5 Å². The molecule has 0 spiro atoms. The maximum absolute atomic E-state index is 12.0. The number of carbonyl (C=O) groups excluding carboxylic acids is 1. The summed E-state index contributed by atoms with van der Waals surface area (Å²) in [4.78, 5) is 12.0. The van der Waals surface area contributed by atoms with Gasteiger partial charge in [0.05, 0.1) is 10.0 Å². The first-order valence-corrected chi connectivity index (χ1v) is 7.56. The molecule has 2 aromatic carbocycles. The number of rotatable bonds is 1. The Morgan fingerprint density at radius 2 is 1.82 bits per heavy atom. The summed E-state index contributed by atoms with van der Waals surface area (Å²) in [6.07, 6.45) is 0.352. The van der Waals surface area contributed by atoms with E-state index in [0.717, 1.165) is 16.8 Å². The van der Waals surface area contributed by atoms with Gasteiger partial charge in [-0.25, -0.2) is 0 Å². The summed E-state index contributed by atoms with van der Waals surface area (Å²) in [7, 11) is 0. The topological polar surface area (TPSA) is 47.6 Å². The van der Waals surface area contributed by atoms with Crippen molar-refractivity contribution in [2.75, 3.05) is 12.1 Å². The van der Waals surface area contributed by atoms with Crippen LogP contribution in [-0.2, 0) is 4.79 Å². The van der Waals surface area contributed by atoms with Crippen molar-refractivity contribution in [1.29, 1.82) is 0 Å². The Bertz CT molecular complexity index is 791. The number of ether oxygens (including phenoxy) is 2. The van der Waals surface area contributed by atoms with Crippen LogP contribution in [0.25, 0.3) is 0 Å². The summed E-state index contributed by atoms with van der Waals surface area (Å²) in [5, 5.41) is 3.86. The van der Waals surface area contributed by atoms with Gasteiger partial charge in [-0.1, -0.05) is 29.3 Å². The van der Waals surface area contributed by atoms with E-state index in [9.17, 15) is 4.79 Å². The van der Waals surface area contributed by atoms with Gasteiger partial charge in [0.2, 0.25) is 12.7 Å². The number of anilines is 1. The minimum absolute atomic E-state index is 0.0394. The molecule has 0 bridgehead atoms. The highest BCUT2D eigenvalue weighted by Crippen LogP contribution is 2.45. The molecule has 4 nitrogen and oxygen atoms in total. The van der Waals surface area contributed by atoms with Crippen LogP contribution in [0.15, 0.2) is 30.3 Å². The highest BCUT2D eigenvalue weighted by atomic mass is 35.5. The fourth-order valence-electron chi connectivity index (χ4n) is 2.88. The van der Waals surface area contributed by atoms with Crippen LogP contribution in [0.1, 0.15) is 23.5 Å². The van der Waals surface area contributed by atoms with Crippen LogP contribution in [0, 0.1) is 0 Å². The lowest BCUT2D eigenvalue weighted by Crippen LogP contribution is -2.23. The maximum Gasteiger partial charge on any atom is 0.231 e. The molecule has 6 heteroatoms. The maximum atomic E-state index is 12.0. The molecular weight excluding hydrogens is 325 g/mol. The summed E-state index contributed by atoms with van der Waals surface area (Å²) >= 11 is 12.1. The molecule has 0 radical (unpaired) electrons. The zero-order chi connectivity index (χ0) is 15.3. The smallest absolute Gasteiger partial charge is 0.231 e. The van der Waals surface area contributed by atoms with Crippen LogP contribution in [-0.4, -0.2) is 12.7 Å². The molecule has 0 saturated heterocycles. The van der Waals surface area contributed by atoms with E-state index in [2.05, 4.69) is 5.32 Å². The first kappa shape index (κ1) is 13.7. The van der Waals surface area contributed by atoms with Gasteiger partial charge in [-0.3, -0.25) is 4.79 Å². The van der Waals surface area contributed by atoms with E-state index in [1.54, 1.807) is 12.1 Å². The van der Waals surface area contributed by atoms with Crippen molar-refractivity contribution in [3.63, 3.8) is 0 Å². The summed E-state index contributed by atoms with van der Waals surface area (Å²) in [5.41, 5.74) is 2.68. The molecule has 2 heterocycles. The highest BCUT2D eigenvalue weighted by molar-refractivity contribution is 6.42. The van der Waals surface area contributed by atoms with Gasteiger partial charge in [0.1, 0.15) is 0 Å². The molecule has 2 aliphatic rings. The van der Waals surface area contributed by atoms with E-state index >= 15 is 0 Å². The summed E-state index contributed by atoms with van der Waals surface area (Å²) in [6, 6.07) is 9.18. The number of benzene rings is 2. The molecule has 2 aromatic rings. The molecule has 22 heavy (non-hydrogen) atoms. The van der Waals surface area contributed by atoms with Crippen LogP contribution < -0.4 is 14.8 Å². The molecule has 0 aromatic heterocycles. The third-order valence-corrected chi connectivity index (χ3v) is 4.67. The van der Waals surface area contributed by atoms with Gasteiger partial charge in [0, 0.05) is 24.1 Å². The van der Waals surface area contributed by atoms with E-state index in [1.165, 1.54) is 0 Å². The summed E-state index contributed by atoms with van der Waals surface area (Å²) < 4.78 is 10.8. The molecule has 1 N–H and O–H groups in total. The van der Waals surface area contributed by atoms with Gasteiger partial charge in [-0.2, -0.15) is 0 Å². The molecule has 1 atom stereocenters. The van der Waals surface area contributed by atoms with E-state index in [0.29, 0.717) is 28.0 Å². The molecule has 0 fully saturated rings. The second-order valence-electron chi connectivity index (χ2n) is 5.27. The van der Waals surface area contributed by atoms with E-state index in [-0.39, 0.29) is 18.6 Å². The fraction of sp³-hybridized carbons (Fsp3) is 0.188. The molecule has 112 valence electrons. The zero-order valence-corrected chi connectivity index (χ0v) is 12.9. The number of fused-ring (bicyclic) bond motifs is 2. The molecule has 0 saturated carbocycles. The summed E-state index contributed by atoms with van der Waals surface area (Å²) in [5.74, 6) is 1.21. The Balaban J connectivity index is 1.84. The quantitative estimate of drug-likeness (QED) is 0.849. The van der Waals surface area contributed by atoms with Crippen LogP contribution in [0.4, 0.5) is 5.69 Å². The first-order valence-electron chi connectivity index (χ1n) is 6.80. The number of amides is 1. The van der Waals surface area contributed by atoms with E-state index in [4.69, 9.17) is 32.7 Å². The molecule has 1 unspecified atom stereocenters. The Morgan fingerprint density at radius 3 is 2.59 bits per heavy atom. The number of halogens is 2.